The lowest BCUT2D eigenvalue weighted by Crippen LogP contribution is -2.39. The van der Waals surface area contributed by atoms with Crippen LogP contribution in [0.5, 0.6) is 0 Å². The molecule has 2 unspecified atom stereocenters. The summed E-state index contributed by atoms with van der Waals surface area (Å²) in [7, 11) is 0. The van der Waals surface area contributed by atoms with E-state index >= 15 is 0 Å². The number of aromatic nitrogens is 3. The minimum atomic E-state index is -0.906. The van der Waals surface area contributed by atoms with Crippen molar-refractivity contribution in [3.63, 3.8) is 0 Å². The normalized spacial score (nSPS) is 21.6. The predicted octanol–water partition coefficient (Wildman–Crippen LogP) is 0.520. The third-order valence-electron chi connectivity index (χ3n) is 3.44. The van der Waals surface area contributed by atoms with Gasteiger partial charge in [0, 0.05) is 13.0 Å². The summed E-state index contributed by atoms with van der Waals surface area (Å²) in [5.41, 5.74) is 0. The third-order valence-corrected chi connectivity index (χ3v) is 3.44. The molecule has 0 saturated heterocycles. The molecule has 0 fully saturated rings. The SMILES string of the molecule is O=C(O)C1CC=CCC1C(=O)NCCCc1ncn[nH]1. The van der Waals surface area contributed by atoms with E-state index in [0.717, 1.165) is 12.2 Å². The molecule has 1 aliphatic carbocycles. The van der Waals surface area contributed by atoms with Crippen molar-refractivity contribution in [2.45, 2.75) is 25.7 Å². The highest BCUT2D eigenvalue weighted by Crippen LogP contribution is 2.25. The van der Waals surface area contributed by atoms with E-state index in [1.165, 1.54) is 6.33 Å². The number of rotatable bonds is 6. The fourth-order valence-corrected chi connectivity index (χ4v) is 2.33. The lowest BCUT2D eigenvalue weighted by Gasteiger charge is -2.24. The van der Waals surface area contributed by atoms with Gasteiger partial charge < -0.3 is 10.4 Å². The van der Waals surface area contributed by atoms with Crippen molar-refractivity contribution in [2.75, 3.05) is 6.54 Å². The lowest BCUT2D eigenvalue weighted by atomic mass is 9.82. The number of aromatic amines is 1. The number of nitrogens with one attached hydrogen (secondary N) is 2. The number of hydrogen-bond acceptors (Lipinski definition) is 4. The fourth-order valence-electron chi connectivity index (χ4n) is 2.33. The summed E-state index contributed by atoms with van der Waals surface area (Å²) in [5, 5.41) is 18.4. The number of allylic oxidation sites excluding steroid dienone is 2. The van der Waals surface area contributed by atoms with Crippen molar-refractivity contribution >= 4 is 11.9 Å². The van der Waals surface area contributed by atoms with E-state index in [9.17, 15) is 9.59 Å². The molecule has 0 aromatic carbocycles. The van der Waals surface area contributed by atoms with Crippen LogP contribution in [0, 0.1) is 11.8 Å². The van der Waals surface area contributed by atoms with E-state index in [0.29, 0.717) is 25.8 Å². The number of carbonyl (C=O) groups excluding carboxylic acids is 1. The van der Waals surface area contributed by atoms with Gasteiger partial charge >= 0.3 is 5.97 Å². The predicted molar refractivity (Wildman–Crippen MR) is 70.7 cm³/mol. The Hall–Kier alpha value is -2.18. The molecule has 0 radical (unpaired) electrons. The summed E-state index contributed by atoms with van der Waals surface area (Å²) in [5.74, 6) is -1.39. The molecule has 2 atom stereocenters. The zero-order chi connectivity index (χ0) is 14.4. The van der Waals surface area contributed by atoms with Crippen LogP contribution in [-0.2, 0) is 16.0 Å². The summed E-state index contributed by atoms with van der Waals surface area (Å²) in [6, 6.07) is 0. The molecule has 1 aromatic heterocycles. The van der Waals surface area contributed by atoms with Crippen molar-refractivity contribution in [3.05, 3.63) is 24.3 Å². The van der Waals surface area contributed by atoms with Crippen LogP contribution >= 0.6 is 0 Å². The standard InChI is InChI=1S/C13H18N4O3/c18-12(9-4-1-2-5-10(9)13(19)20)14-7-3-6-11-15-8-16-17-11/h1-2,8-10H,3-7H2,(H,14,18)(H,19,20)(H,15,16,17). The Morgan fingerprint density at radius 1 is 1.35 bits per heavy atom. The first kappa shape index (κ1) is 14.2. The second-order valence-corrected chi connectivity index (χ2v) is 4.82. The number of aliphatic carboxylic acids is 1. The van der Waals surface area contributed by atoms with E-state index in [1.807, 2.05) is 12.2 Å². The van der Waals surface area contributed by atoms with Crippen LogP contribution in [0.15, 0.2) is 18.5 Å². The molecule has 3 N–H and O–H groups in total. The topological polar surface area (TPSA) is 108 Å². The van der Waals surface area contributed by atoms with E-state index < -0.39 is 17.8 Å². The van der Waals surface area contributed by atoms with Crippen molar-refractivity contribution in [1.29, 1.82) is 0 Å². The average molecular weight is 278 g/mol. The molecule has 20 heavy (non-hydrogen) atoms. The monoisotopic (exact) mass is 278 g/mol. The Morgan fingerprint density at radius 2 is 2.10 bits per heavy atom. The molecule has 1 aromatic rings. The van der Waals surface area contributed by atoms with Gasteiger partial charge in [-0.25, -0.2) is 4.98 Å². The smallest absolute Gasteiger partial charge is 0.307 e. The van der Waals surface area contributed by atoms with E-state index in [4.69, 9.17) is 5.11 Å². The van der Waals surface area contributed by atoms with Crippen LogP contribution in [0.3, 0.4) is 0 Å². The summed E-state index contributed by atoms with van der Waals surface area (Å²) in [4.78, 5) is 27.1. The molecule has 108 valence electrons. The second-order valence-electron chi connectivity index (χ2n) is 4.82. The van der Waals surface area contributed by atoms with Crippen LogP contribution < -0.4 is 5.32 Å². The number of amides is 1. The second kappa shape index (κ2) is 6.83. The molecule has 0 saturated carbocycles. The first-order chi connectivity index (χ1) is 9.68. The molecule has 2 rings (SSSR count). The third kappa shape index (κ3) is 3.66. The van der Waals surface area contributed by atoms with E-state index in [2.05, 4.69) is 20.5 Å². The van der Waals surface area contributed by atoms with Gasteiger partial charge in [-0.2, -0.15) is 5.10 Å². The highest BCUT2D eigenvalue weighted by Gasteiger charge is 2.33. The Balaban J connectivity index is 1.76. The minimum Gasteiger partial charge on any atom is -0.481 e. The maximum atomic E-state index is 12.0. The first-order valence-electron chi connectivity index (χ1n) is 6.68. The van der Waals surface area contributed by atoms with Gasteiger partial charge in [-0.15, -0.1) is 0 Å². The van der Waals surface area contributed by atoms with Gasteiger partial charge in [-0.3, -0.25) is 14.7 Å². The molecule has 0 bridgehead atoms. The van der Waals surface area contributed by atoms with Crippen molar-refractivity contribution < 1.29 is 14.7 Å². The number of carboxylic acid groups (broad SMARTS) is 1. The summed E-state index contributed by atoms with van der Waals surface area (Å²) >= 11 is 0. The number of H-pyrrole nitrogens is 1. The number of hydrogen-bond donors (Lipinski definition) is 3. The molecule has 1 amide bonds. The largest absolute Gasteiger partial charge is 0.481 e. The first-order valence-corrected chi connectivity index (χ1v) is 6.68. The fraction of sp³-hybridized carbons (Fsp3) is 0.538. The van der Waals surface area contributed by atoms with Crippen LogP contribution in [0.25, 0.3) is 0 Å². The van der Waals surface area contributed by atoms with E-state index in [1.54, 1.807) is 0 Å². The summed E-state index contributed by atoms with van der Waals surface area (Å²) in [6.07, 6.45) is 7.50. The molecular formula is C13H18N4O3. The van der Waals surface area contributed by atoms with Crippen molar-refractivity contribution in [2.24, 2.45) is 11.8 Å². The highest BCUT2D eigenvalue weighted by atomic mass is 16.4. The van der Waals surface area contributed by atoms with Gasteiger partial charge in [0.05, 0.1) is 11.8 Å². The van der Waals surface area contributed by atoms with Gasteiger partial charge in [0.25, 0.3) is 0 Å². The van der Waals surface area contributed by atoms with Crippen molar-refractivity contribution in [3.8, 4) is 0 Å². The Kier molecular flexibility index (Phi) is 4.86. The zero-order valence-electron chi connectivity index (χ0n) is 11.1. The lowest BCUT2D eigenvalue weighted by molar-refractivity contribution is -0.147. The van der Waals surface area contributed by atoms with Crippen LogP contribution in [0.2, 0.25) is 0 Å². The summed E-state index contributed by atoms with van der Waals surface area (Å²) < 4.78 is 0. The van der Waals surface area contributed by atoms with Gasteiger partial charge in [0.2, 0.25) is 5.91 Å². The van der Waals surface area contributed by atoms with Gasteiger partial charge in [0.15, 0.2) is 0 Å². The quantitative estimate of drug-likeness (QED) is 0.519. The number of carbonyl (C=O) groups is 2. The van der Waals surface area contributed by atoms with Gasteiger partial charge in [-0.05, 0) is 19.3 Å². The molecule has 7 heteroatoms. The molecule has 1 aliphatic rings. The highest BCUT2D eigenvalue weighted by molar-refractivity contribution is 5.85. The van der Waals surface area contributed by atoms with Gasteiger partial charge in [-0.1, -0.05) is 12.2 Å². The number of carboxylic acids is 1. The van der Waals surface area contributed by atoms with E-state index in [-0.39, 0.29) is 5.91 Å². The Labute approximate surface area is 116 Å². The number of aryl methyl sites for hydroxylation is 1. The van der Waals surface area contributed by atoms with Crippen LogP contribution in [0.1, 0.15) is 25.1 Å². The zero-order valence-corrected chi connectivity index (χ0v) is 11.1. The maximum absolute atomic E-state index is 12.0. The van der Waals surface area contributed by atoms with Crippen LogP contribution in [-0.4, -0.2) is 38.7 Å². The Bertz CT molecular complexity index is 484. The number of nitrogens with zero attached hydrogens (tertiary/aromatic N) is 2. The molecule has 0 spiro atoms. The van der Waals surface area contributed by atoms with Crippen molar-refractivity contribution in [1.82, 2.24) is 20.5 Å². The average Bonchev–Trinajstić information content (AvgIpc) is 2.96. The van der Waals surface area contributed by atoms with Crippen LogP contribution in [0.4, 0.5) is 0 Å². The molecule has 7 nitrogen and oxygen atoms in total. The van der Waals surface area contributed by atoms with Gasteiger partial charge in [0.1, 0.15) is 12.2 Å². The Morgan fingerprint density at radius 3 is 2.75 bits per heavy atom. The molecule has 1 heterocycles. The molecular weight excluding hydrogens is 260 g/mol. The maximum Gasteiger partial charge on any atom is 0.307 e. The summed E-state index contributed by atoms with van der Waals surface area (Å²) in [6.45, 7) is 0.506. The minimum absolute atomic E-state index is 0.181. The molecule has 0 aliphatic heterocycles.